The van der Waals surface area contributed by atoms with Crippen LogP contribution in [0.5, 0.6) is 0 Å². The first-order valence-electron chi connectivity index (χ1n) is 6.40. The van der Waals surface area contributed by atoms with Crippen molar-refractivity contribution in [2.45, 2.75) is 26.3 Å². The minimum atomic E-state index is -0.133. The zero-order valence-corrected chi connectivity index (χ0v) is 12.8. The quantitative estimate of drug-likeness (QED) is 0.790. The molecule has 0 atom stereocenters. The predicted molar refractivity (Wildman–Crippen MR) is 80.9 cm³/mol. The highest BCUT2D eigenvalue weighted by Crippen LogP contribution is 2.12. The summed E-state index contributed by atoms with van der Waals surface area (Å²) in [6.07, 6.45) is 1.01. The van der Waals surface area contributed by atoms with Gasteiger partial charge in [-0.05, 0) is 31.5 Å². The summed E-state index contributed by atoms with van der Waals surface area (Å²) < 4.78 is 2.36. The molecule has 104 valence electrons. The van der Waals surface area contributed by atoms with Crippen LogP contribution in [-0.2, 0) is 6.54 Å². The lowest BCUT2D eigenvalue weighted by molar-refractivity contribution is 0.0978. The van der Waals surface area contributed by atoms with Gasteiger partial charge in [0.25, 0.3) is 5.56 Å². The van der Waals surface area contributed by atoms with E-state index in [-0.39, 0.29) is 11.3 Å². The molecule has 1 heterocycles. The minimum Gasteiger partial charge on any atom is -0.294 e. The lowest BCUT2D eigenvalue weighted by atomic mass is 10.1. The predicted octanol–water partition coefficient (Wildman–Crippen LogP) is 2.98. The van der Waals surface area contributed by atoms with E-state index in [0.29, 0.717) is 24.9 Å². The number of hydrogen-bond acceptors (Lipinski definition) is 3. The van der Waals surface area contributed by atoms with E-state index in [1.54, 1.807) is 18.2 Å². The average molecular weight is 335 g/mol. The Morgan fingerprint density at radius 2 is 1.90 bits per heavy atom. The van der Waals surface area contributed by atoms with Gasteiger partial charge in [-0.25, -0.2) is 4.68 Å². The van der Waals surface area contributed by atoms with Crippen LogP contribution in [0.4, 0.5) is 0 Å². The SMILES string of the molecule is Cc1ccc(=O)n(CCCC(=O)c2ccc(Br)cc2)n1. The maximum Gasteiger partial charge on any atom is 0.266 e. The van der Waals surface area contributed by atoms with Gasteiger partial charge in [-0.3, -0.25) is 9.59 Å². The Morgan fingerprint density at radius 1 is 1.20 bits per heavy atom. The molecule has 0 fully saturated rings. The van der Waals surface area contributed by atoms with Crippen LogP contribution >= 0.6 is 15.9 Å². The van der Waals surface area contributed by atoms with Crippen molar-refractivity contribution in [3.63, 3.8) is 0 Å². The van der Waals surface area contributed by atoms with E-state index >= 15 is 0 Å². The number of ketones is 1. The van der Waals surface area contributed by atoms with Crippen molar-refractivity contribution in [2.75, 3.05) is 0 Å². The molecule has 0 aliphatic carbocycles. The van der Waals surface area contributed by atoms with Crippen LogP contribution in [0.1, 0.15) is 28.9 Å². The first kappa shape index (κ1) is 14.7. The van der Waals surface area contributed by atoms with E-state index in [4.69, 9.17) is 0 Å². The van der Waals surface area contributed by atoms with Crippen LogP contribution in [0, 0.1) is 6.92 Å². The molecule has 1 aromatic carbocycles. The number of rotatable bonds is 5. The van der Waals surface area contributed by atoms with Gasteiger partial charge in [-0.15, -0.1) is 0 Å². The van der Waals surface area contributed by atoms with Gasteiger partial charge in [-0.2, -0.15) is 5.10 Å². The monoisotopic (exact) mass is 334 g/mol. The number of halogens is 1. The molecule has 1 aromatic heterocycles. The highest BCUT2D eigenvalue weighted by molar-refractivity contribution is 9.10. The molecule has 0 spiro atoms. The standard InChI is InChI=1S/C15H15BrN2O2/c1-11-4-9-15(20)18(17-11)10-2-3-14(19)12-5-7-13(16)8-6-12/h4-9H,2-3,10H2,1H3. The van der Waals surface area contributed by atoms with Crippen molar-refractivity contribution in [3.8, 4) is 0 Å². The van der Waals surface area contributed by atoms with Crippen LogP contribution in [0.15, 0.2) is 45.7 Å². The third kappa shape index (κ3) is 3.87. The van der Waals surface area contributed by atoms with Crippen LogP contribution in [0.2, 0.25) is 0 Å². The fourth-order valence-corrected chi connectivity index (χ4v) is 2.14. The molecule has 2 rings (SSSR count). The maximum atomic E-state index is 12.0. The smallest absolute Gasteiger partial charge is 0.266 e. The highest BCUT2D eigenvalue weighted by atomic mass is 79.9. The zero-order chi connectivity index (χ0) is 14.5. The molecular formula is C15H15BrN2O2. The Hall–Kier alpha value is -1.75. The second kappa shape index (κ2) is 6.61. The molecule has 0 bridgehead atoms. The fraction of sp³-hybridized carbons (Fsp3) is 0.267. The van der Waals surface area contributed by atoms with Gasteiger partial charge in [0.1, 0.15) is 0 Å². The molecule has 5 heteroatoms. The molecule has 0 aliphatic heterocycles. The molecule has 0 amide bonds. The van der Waals surface area contributed by atoms with Gasteiger partial charge < -0.3 is 0 Å². The molecule has 0 saturated heterocycles. The van der Waals surface area contributed by atoms with Crippen molar-refractivity contribution in [1.82, 2.24) is 9.78 Å². The summed E-state index contributed by atoms with van der Waals surface area (Å²) in [4.78, 5) is 23.5. The Morgan fingerprint density at radius 3 is 2.60 bits per heavy atom. The number of nitrogens with zero attached hydrogens (tertiary/aromatic N) is 2. The summed E-state index contributed by atoms with van der Waals surface area (Å²) in [6, 6.07) is 10.5. The number of benzene rings is 1. The number of Topliss-reactive ketones (excluding diaryl/α,β-unsaturated/α-hetero) is 1. The third-order valence-electron chi connectivity index (χ3n) is 2.94. The summed E-state index contributed by atoms with van der Waals surface area (Å²) in [7, 11) is 0. The Labute approximate surface area is 125 Å². The minimum absolute atomic E-state index is 0.0817. The van der Waals surface area contributed by atoms with E-state index in [0.717, 1.165) is 10.2 Å². The fourth-order valence-electron chi connectivity index (χ4n) is 1.88. The number of hydrogen-bond donors (Lipinski definition) is 0. The van der Waals surface area contributed by atoms with Crippen LogP contribution in [0.3, 0.4) is 0 Å². The number of carbonyl (C=O) groups excluding carboxylic acids is 1. The van der Waals surface area contributed by atoms with Crippen molar-refractivity contribution in [1.29, 1.82) is 0 Å². The summed E-state index contributed by atoms with van der Waals surface area (Å²) in [5.41, 5.74) is 1.35. The van der Waals surface area contributed by atoms with E-state index in [1.165, 1.54) is 10.7 Å². The van der Waals surface area contributed by atoms with Gasteiger partial charge in [0, 0.05) is 29.1 Å². The first-order chi connectivity index (χ1) is 9.56. The molecule has 0 radical (unpaired) electrons. The van der Waals surface area contributed by atoms with E-state index in [9.17, 15) is 9.59 Å². The van der Waals surface area contributed by atoms with Crippen LogP contribution < -0.4 is 5.56 Å². The lowest BCUT2D eigenvalue weighted by Crippen LogP contribution is -2.22. The lowest BCUT2D eigenvalue weighted by Gasteiger charge is -2.05. The van der Waals surface area contributed by atoms with Crippen LogP contribution in [-0.4, -0.2) is 15.6 Å². The summed E-state index contributed by atoms with van der Waals surface area (Å²) in [5.74, 6) is 0.0817. The summed E-state index contributed by atoms with van der Waals surface area (Å²) in [5, 5.41) is 4.14. The zero-order valence-electron chi connectivity index (χ0n) is 11.2. The van der Waals surface area contributed by atoms with Crippen LogP contribution in [0.25, 0.3) is 0 Å². The van der Waals surface area contributed by atoms with Crippen molar-refractivity contribution in [3.05, 3.63) is 62.5 Å². The first-order valence-corrected chi connectivity index (χ1v) is 7.19. The Balaban J connectivity index is 1.92. The second-order valence-corrected chi connectivity index (χ2v) is 5.49. The van der Waals surface area contributed by atoms with Gasteiger partial charge in [-0.1, -0.05) is 28.1 Å². The molecule has 0 aliphatic rings. The molecule has 4 nitrogen and oxygen atoms in total. The maximum absolute atomic E-state index is 12.0. The molecule has 2 aromatic rings. The highest BCUT2D eigenvalue weighted by Gasteiger charge is 2.06. The molecule has 0 saturated carbocycles. The van der Waals surface area contributed by atoms with Gasteiger partial charge in [0.2, 0.25) is 0 Å². The van der Waals surface area contributed by atoms with Crippen molar-refractivity contribution in [2.24, 2.45) is 0 Å². The number of aryl methyl sites for hydroxylation is 2. The molecule has 0 N–H and O–H groups in total. The van der Waals surface area contributed by atoms with E-state index in [2.05, 4.69) is 21.0 Å². The van der Waals surface area contributed by atoms with Gasteiger partial charge >= 0.3 is 0 Å². The number of carbonyl (C=O) groups is 1. The van der Waals surface area contributed by atoms with E-state index in [1.807, 2.05) is 19.1 Å². The van der Waals surface area contributed by atoms with Gasteiger partial charge in [0.05, 0.1) is 5.69 Å². The second-order valence-electron chi connectivity index (χ2n) is 4.57. The van der Waals surface area contributed by atoms with Gasteiger partial charge in [0.15, 0.2) is 5.78 Å². The summed E-state index contributed by atoms with van der Waals surface area (Å²) in [6.45, 7) is 2.30. The topological polar surface area (TPSA) is 52.0 Å². The van der Waals surface area contributed by atoms with Crippen molar-refractivity contribution < 1.29 is 4.79 Å². The third-order valence-corrected chi connectivity index (χ3v) is 3.47. The largest absolute Gasteiger partial charge is 0.294 e. The van der Waals surface area contributed by atoms with E-state index < -0.39 is 0 Å². The summed E-state index contributed by atoms with van der Waals surface area (Å²) >= 11 is 3.33. The molecular weight excluding hydrogens is 320 g/mol. The van der Waals surface area contributed by atoms with Crippen molar-refractivity contribution >= 4 is 21.7 Å². The molecule has 0 unspecified atom stereocenters. The normalized spacial score (nSPS) is 10.5. The molecule has 20 heavy (non-hydrogen) atoms. The Kier molecular flexibility index (Phi) is 4.84. The average Bonchev–Trinajstić information content (AvgIpc) is 2.43. The Bertz CT molecular complexity index is 662. The number of aromatic nitrogens is 2.